The van der Waals surface area contributed by atoms with Crippen LogP contribution in [0.15, 0.2) is 60.7 Å². The van der Waals surface area contributed by atoms with Gasteiger partial charge in [-0.3, -0.25) is 9.48 Å². The van der Waals surface area contributed by atoms with Crippen LogP contribution in [-0.2, 0) is 7.05 Å². The maximum Gasteiger partial charge on any atom is 0.276 e. The van der Waals surface area contributed by atoms with Gasteiger partial charge in [-0.15, -0.1) is 0 Å². The van der Waals surface area contributed by atoms with Gasteiger partial charge in [-0.05, 0) is 29.8 Å². The van der Waals surface area contributed by atoms with Crippen LogP contribution >= 0.6 is 0 Å². The molecule has 1 amide bonds. The van der Waals surface area contributed by atoms with Gasteiger partial charge in [0, 0.05) is 12.7 Å². The highest BCUT2D eigenvalue weighted by Crippen LogP contribution is 2.20. The molecule has 0 atom stereocenters. The monoisotopic (exact) mass is 295 g/mol. The normalized spacial score (nSPS) is 10.5. The molecule has 2 aromatic carbocycles. The number of aromatic nitrogens is 2. The number of rotatable bonds is 3. The summed E-state index contributed by atoms with van der Waals surface area (Å²) in [5.41, 5.74) is 2.50. The Labute approximate surface area is 127 Å². The lowest BCUT2D eigenvalue weighted by molar-refractivity contribution is 0.102. The van der Waals surface area contributed by atoms with E-state index in [0.717, 1.165) is 11.3 Å². The molecule has 0 fully saturated rings. The number of carbonyl (C=O) groups is 1. The molecule has 0 radical (unpaired) electrons. The topological polar surface area (TPSA) is 46.9 Å². The fraction of sp³-hybridized carbons (Fsp3) is 0.0588. The van der Waals surface area contributed by atoms with Crippen molar-refractivity contribution in [1.82, 2.24) is 9.78 Å². The number of anilines is 1. The van der Waals surface area contributed by atoms with E-state index in [1.54, 1.807) is 29.9 Å². The van der Waals surface area contributed by atoms with Gasteiger partial charge in [-0.25, -0.2) is 4.39 Å². The Hall–Kier alpha value is -2.95. The number of carbonyl (C=O) groups excluding carboxylic acids is 1. The van der Waals surface area contributed by atoms with Gasteiger partial charge in [-0.1, -0.05) is 36.4 Å². The highest BCUT2D eigenvalue weighted by molar-refractivity contribution is 6.03. The fourth-order valence-corrected chi connectivity index (χ4v) is 2.22. The minimum Gasteiger partial charge on any atom is -0.320 e. The van der Waals surface area contributed by atoms with E-state index in [4.69, 9.17) is 0 Å². The lowest BCUT2D eigenvalue weighted by Crippen LogP contribution is -2.13. The first-order chi connectivity index (χ1) is 10.6. The summed E-state index contributed by atoms with van der Waals surface area (Å²) < 4.78 is 14.8. The largest absolute Gasteiger partial charge is 0.320 e. The second kappa shape index (κ2) is 5.81. The molecular formula is C17H14FN3O. The minimum atomic E-state index is -0.399. The van der Waals surface area contributed by atoms with Gasteiger partial charge in [0.1, 0.15) is 5.82 Å². The van der Waals surface area contributed by atoms with Crippen molar-refractivity contribution < 1.29 is 9.18 Å². The number of aryl methyl sites for hydroxylation is 1. The highest BCUT2D eigenvalue weighted by atomic mass is 19.1. The first kappa shape index (κ1) is 14.0. The minimum absolute atomic E-state index is 0.283. The summed E-state index contributed by atoms with van der Waals surface area (Å²) in [5.74, 6) is -0.771. The molecule has 110 valence electrons. The standard InChI is InChI=1S/C17H14FN3O/c1-21-16(12-6-3-2-4-7-12)11-15(20-21)17(22)19-14-9-5-8-13(18)10-14/h2-11H,1H3,(H,19,22). The molecule has 0 saturated carbocycles. The zero-order valence-electron chi connectivity index (χ0n) is 12.0. The van der Waals surface area contributed by atoms with Crippen molar-refractivity contribution in [3.63, 3.8) is 0 Å². The molecule has 22 heavy (non-hydrogen) atoms. The van der Waals surface area contributed by atoms with E-state index in [1.807, 2.05) is 30.3 Å². The van der Waals surface area contributed by atoms with Crippen LogP contribution in [0.2, 0.25) is 0 Å². The summed E-state index contributed by atoms with van der Waals surface area (Å²) in [7, 11) is 1.78. The number of benzene rings is 2. The van der Waals surface area contributed by atoms with Crippen molar-refractivity contribution >= 4 is 11.6 Å². The number of nitrogens with one attached hydrogen (secondary N) is 1. The molecule has 0 aliphatic rings. The Kier molecular flexibility index (Phi) is 3.70. The average molecular weight is 295 g/mol. The number of halogens is 1. The molecule has 0 bridgehead atoms. The van der Waals surface area contributed by atoms with Crippen molar-refractivity contribution in [2.24, 2.45) is 7.05 Å². The maximum atomic E-state index is 13.1. The van der Waals surface area contributed by atoms with Gasteiger partial charge >= 0.3 is 0 Å². The van der Waals surface area contributed by atoms with Crippen LogP contribution in [0.3, 0.4) is 0 Å². The van der Waals surface area contributed by atoms with E-state index < -0.39 is 5.82 Å². The number of hydrogen-bond donors (Lipinski definition) is 1. The number of hydrogen-bond acceptors (Lipinski definition) is 2. The second-order valence-corrected chi connectivity index (χ2v) is 4.87. The Morgan fingerprint density at radius 2 is 1.86 bits per heavy atom. The van der Waals surface area contributed by atoms with E-state index >= 15 is 0 Å². The van der Waals surface area contributed by atoms with Crippen LogP contribution in [0.4, 0.5) is 10.1 Å². The van der Waals surface area contributed by atoms with Gasteiger partial charge in [0.15, 0.2) is 5.69 Å². The molecule has 3 rings (SSSR count). The Bertz CT molecular complexity index is 812. The van der Waals surface area contributed by atoms with Crippen LogP contribution in [0, 0.1) is 5.82 Å². The summed E-state index contributed by atoms with van der Waals surface area (Å²) in [6.07, 6.45) is 0. The van der Waals surface area contributed by atoms with Crippen molar-refractivity contribution in [3.05, 3.63) is 72.2 Å². The molecule has 1 aromatic heterocycles. The molecule has 5 heteroatoms. The zero-order valence-corrected chi connectivity index (χ0v) is 12.0. The van der Waals surface area contributed by atoms with Crippen LogP contribution < -0.4 is 5.32 Å². The zero-order chi connectivity index (χ0) is 15.5. The Morgan fingerprint density at radius 3 is 2.59 bits per heavy atom. The molecule has 3 aromatic rings. The van der Waals surface area contributed by atoms with Crippen molar-refractivity contribution in [2.45, 2.75) is 0 Å². The van der Waals surface area contributed by atoms with Gasteiger partial charge in [0.05, 0.1) is 5.69 Å². The molecule has 4 nitrogen and oxygen atoms in total. The lowest BCUT2D eigenvalue weighted by atomic mass is 10.1. The molecule has 1 N–H and O–H groups in total. The van der Waals surface area contributed by atoms with Crippen LogP contribution in [0.5, 0.6) is 0 Å². The van der Waals surface area contributed by atoms with Gasteiger partial charge in [-0.2, -0.15) is 5.10 Å². The van der Waals surface area contributed by atoms with Crippen molar-refractivity contribution in [2.75, 3.05) is 5.32 Å². The van der Waals surface area contributed by atoms with E-state index in [1.165, 1.54) is 12.1 Å². The lowest BCUT2D eigenvalue weighted by Gasteiger charge is -2.02. The van der Waals surface area contributed by atoms with E-state index in [2.05, 4.69) is 10.4 Å². The molecule has 0 unspecified atom stereocenters. The van der Waals surface area contributed by atoms with Crippen LogP contribution in [0.1, 0.15) is 10.5 Å². The molecule has 0 aliphatic carbocycles. The van der Waals surface area contributed by atoms with Crippen LogP contribution in [-0.4, -0.2) is 15.7 Å². The summed E-state index contributed by atoms with van der Waals surface area (Å²) in [5, 5.41) is 6.85. The molecule has 0 aliphatic heterocycles. The Balaban J connectivity index is 1.85. The highest BCUT2D eigenvalue weighted by Gasteiger charge is 2.14. The third-order valence-electron chi connectivity index (χ3n) is 3.26. The summed E-state index contributed by atoms with van der Waals surface area (Å²) >= 11 is 0. The molecule has 1 heterocycles. The fourth-order valence-electron chi connectivity index (χ4n) is 2.22. The van der Waals surface area contributed by atoms with E-state index in [-0.39, 0.29) is 11.6 Å². The third-order valence-corrected chi connectivity index (χ3v) is 3.26. The van der Waals surface area contributed by atoms with Crippen LogP contribution in [0.25, 0.3) is 11.3 Å². The summed E-state index contributed by atoms with van der Waals surface area (Å²) in [6.45, 7) is 0. The molecule has 0 spiro atoms. The summed E-state index contributed by atoms with van der Waals surface area (Å²) in [6, 6.07) is 17.1. The van der Waals surface area contributed by atoms with E-state index in [9.17, 15) is 9.18 Å². The molecule has 0 saturated heterocycles. The third kappa shape index (κ3) is 2.88. The smallest absolute Gasteiger partial charge is 0.276 e. The average Bonchev–Trinajstić information content (AvgIpc) is 2.90. The Morgan fingerprint density at radius 1 is 1.09 bits per heavy atom. The second-order valence-electron chi connectivity index (χ2n) is 4.87. The van der Waals surface area contributed by atoms with Crippen molar-refractivity contribution in [3.8, 4) is 11.3 Å². The quantitative estimate of drug-likeness (QED) is 0.804. The number of nitrogens with zero attached hydrogens (tertiary/aromatic N) is 2. The SMILES string of the molecule is Cn1nc(C(=O)Nc2cccc(F)c2)cc1-c1ccccc1. The molecular weight excluding hydrogens is 281 g/mol. The number of amides is 1. The van der Waals surface area contributed by atoms with Gasteiger partial charge in [0.25, 0.3) is 5.91 Å². The summed E-state index contributed by atoms with van der Waals surface area (Å²) in [4.78, 5) is 12.2. The first-order valence-corrected chi connectivity index (χ1v) is 6.80. The van der Waals surface area contributed by atoms with E-state index in [0.29, 0.717) is 5.69 Å². The predicted octanol–water partition coefficient (Wildman–Crippen LogP) is 3.48. The first-order valence-electron chi connectivity index (χ1n) is 6.80. The predicted molar refractivity (Wildman–Crippen MR) is 83.0 cm³/mol. The van der Waals surface area contributed by atoms with Gasteiger partial charge < -0.3 is 5.32 Å². The van der Waals surface area contributed by atoms with Crippen molar-refractivity contribution in [1.29, 1.82) is 0 Å². The van der Waals surface area contributed by atoms with Gasteiger partial charge in [0.2, 0.25) is 0 Å². The maximum absolute atomic E-state index is 13.1.